The number of fused-ring (bicyclic) bond motifs is 1. The van der Waals surface area contributed by atoms with Crippen LogP contribution >= 0.6 is 23.2 Å². The first-order valence-corrected chi connectivity index (χ1v) is 5.39. The molecule has 0 unspecified atom stereocenters. The smallest absolute Gasteiger partial charge is 0.310 e. The highest BCUT2D eigenvalue weighted by Gasteiger charge is 2.10. The van der Waals surface area contributed by atoms with Gasteiger partial charge in [-0.1, -0.05) is 23.2 Å². The molecule has 0 saturated heterocycles. The quantitative estimate of drug-likeness (QED) is 0.840. The minimum absolute atomic E-state index is 0.217. The van der Waals surface area contributed by atoms with E-state index in [1.54, 1.807) is 18.3 Å². The van der Waals surface area contributed by atoms with Crippen LogP contribution in [0.3, 0.4) is 0 Å². The topological polar surface area (TPSA) is 42.1 Å². The molecule has 16 heavy (non-hydrogen) atoms. The lowest BCUT2D eigenvalue weighted by molar-refractivity contribution is -0.139. The molecule has 2 rings (SSSR count). The first kappa shape index (κ1) is 11.3. The summed E-state index contributed by atoms with van der Waals surface area (Å²) in [6, 6.07) is 3.48. The van der Waals surface area contributed by atoms with Crippen LogP contribution in [0.15, 0.2) is 18.3 Å². The second-order valence-corrected chi connectivity index (χ2v) is 4.19. The zero-order valence-electron chi connectivity index (χ0n) is 8.51. The molecule has 0 amide bonds. The van der Waals surface area contributed by atoms with Gasteiger partial charge in [-0.15, -0.1) is 0 Å². The van der Waals surface area contributed by atoms with Crippen LogP contribution in [0.2, 0.25) is 10.0 Å². The predicted octanol–water partition coefficient (Wildman–Crippen LogP) is 3.19. The van der Waals surface area contributed by atoms with Crippen LogP contribution in [0.4, 0.5) is 0 Å². The number of rotatable bonds is 2. The van der Waals surface area contributed by atoms with Gasteiger partial charge in [0.2, 0.25) is 0 Å². The highest BCUT2D eigenvalue weighted by molar-refractivity contribution is 6.42. The lowest BCUT2D eigenvalue weighted by atomic mass is 10.1. The number of aromatic nitrogens is 1. The maximum Gasteiger partial charge on any atom is 0.310 e. The molecule has 0 aliphatic rings. The third-order valence-corrected chi connectivity index (χ3v) is 3.09. The molecule has 1 aromatic carbocycles. The van der Waals surface area contributed by atoms with Gasteiger partial charge in [-0.05, 0) is 17.7 Å². The van der Waals surface area contributed by atoms with Crippen LogP contribution in [-0.4, -0.2) is 18.1 Å². The van der Waals surface area contributed by atoms with Gasteiger partial charge < -0.3 is 9.72 Å². The molecular weight excluding hydrogens is 249 g/mol. The van der Waals surface area contributed by atoms with Gasteiger partial charge in [-0.25, -0.2) is 0 Å². The monoisotopic (exact) mass is 257 g/mol. The summed E-state index contributed by atoms with van der Waals surface area (Å²) in [5, 5.41) is 1.85. The van der Waals surface area contributed by atoms with Gasteiger partial charge in [0, 0.05) is 17.1 Å². The number of hydrogen-bond acceptors (Lipinski definition) is 2. The minimum Gasteiger partial charge on any atom is -0.469 e. The summed E-state index contributed by atoms with van der Waals surface area (Å²) in [4.78, 5) is 14.2. The fourth-order valence-corrected chi connectivity index (χ4v) is 1.88. The van der Waals surface area contributed by atoms with Crippen molar-refractivity contribution in [1.82, 2.24) is 4.98 Å². The number of methoxy groups -OCH3 is 1. The number of halogens is 2. The van der Waals surface area contributed by atoms with Gasteiger partial charge in [0.1, 0.15) is 0 Å². The average Bonchev–Trinajstić information content (AvgIpc) is 2.62. The normalized spacial score (nSPS) is 10.7. The Morgan fingerprint density at radius 2 is 2.06 bits per heavy atom. The molecule has 0 bridgehead atoms. The van der Waals surface area contributed by atoms with Crippen LogP contribution in [0.5, 0.6) is 0 Å². The van der Waals surface area contributed by atoms with Crippen LogP contribution < -0.4 is 0 Å². The molecule has 84 valence electrons. The van der Waals surface area contributed by atoms with Gasteiger partial charge in [0.25, 0.3) is 0 Å². The molecular formula is C11H9Cl2NO2. The van der Waals surface area contributed by atoms with E-state index in [-0.39, 0.29) is 12.4 Å². The number of nitrogens with one attached hydrogen (secondary N) is 1. The van der Waals surface area contributed by atoms with Crippen molar-refractivity contribution >= 4 is 40.1 Å². The van der Waals surface area contributed by atoms with Crippen LogP contribution in [-0.2, 0) is 16.0 Å². The highest BCUT2D eigenvalue weighted by Crippen LogP contribution is 2.29. The van der Waals surface area contributed by atoms with E-state index in [9.17, 15) is 4.79 Å². The molecule has 1 aromatic heterocycles. The van der Waals surface area contributed by atoms with Crippen molar-refractivity contribution in [3.63, 3.8) is 0 Å². The molecule has 5 heteroatoms. The molecule has 0 saturated carbocycles. The van der Waals surface area contributed by atoms with Gasteiger partial charge in [0.15, 0.2) is 0 Å². The highest BCUT2D eigenvalue weighted by atomic mass is 35.5. The number of ether oxygens (including phenoxy) is 1. The Balaban J connectivity index is 2.48. The summed E-state index contributed by atoms with van der Waals surface area (Å²) in [5.74, 6) is -0.285. The Hall–Kier alpha value is -1.19. The largest absolute Gasteiger partial charge is 0.469 e. The Morgan fingerprint density at radius 1 is 1.38 bits per heavy atom. The molecule has 0 aliphatic heterocycles. The van der Waals surface area contributed by atoms with Crippen molar-refractivity contribution in [2.24, 2.45) is 0 Å². The van der Waals surface area contributed by atoms with Crippen molar-refractivity contribution in [3.8, 4) is 0 Å². The predicted molar refractivity (Wildman–Crippen MR) is 64.0 cm³/mol. The Labute approximate surface area is 102 Å². The molecule has 2 aromatic rings. The molecule has 0 fully saturated rings. The first-order valence-electron chi connectivity index (χ1n) is 4.63. The van der Waals surface area contributed by atoms with Crippen LogP contribution in [0, 0.1) is 0 Å². The molecule has 0 spiro atoms. The fourth-order valence-electron chi connectivity index (χ4n) is 1.55. The van der Waals surface area contributed by atoms with E-state index in [2.05, 4.69) is 9.72 Å². The number of H-pyrrole nitrogens is 1. The standard InChI is InChI=1S/C11H9Cl2NO2/c1-16-11(15)2-6-5-14-10-4-9(13)8(12)3-7(6)10/h3-5,14H,2H2,1H3. The minimum atomic E-state index is -0.285. The van der Waals surface area contributed by atoms with Crippen molar-refractivity contribution in [2.75, 3.05) is 7.11 Å². The Bertz CT molecular complexity index is 548. The van der Waals surface area contributed by atoms with Crippen molar-refractivity contribution < 1.29 is 9.53 Å². The molecule has 0 radical (unpaired) electrons. The summed E-state index contributed by atoms with van der Waals surface area (Å²) >= 11 is 11.8. The van der Waals surface area contributed by atoms with Crippen LogP contribution in [0.25, 0.3) is 10.9 Å². The molecule has 3 nitrogen and oxygen atoms in total. The van der Waals surface area contributed by atoms with E-state index in [1.807, 2.05) is 0 Å². The Morgan fingerprint density at radius 3 is 2.75 bits per heavy atom. The average molecular weight is 258 g/mol. The summed E-state index contributed by atoms with van der Waals surface area (Å²) in [6.07, 6.45) is 1.97. The van der Waals surface area contributed by atoms with Crippen molar-refractivity contribution in [3.05, 3.63) is 33.9 Å². The number of hydrogen-bond donors (Lipinski definition) is 1. The fraction of sp³-hybridized carbons (Fsp3) is 0.182. The van der Waals surface area contributed by atoms with E-state index in [0.717, 1.165) is 16.5 Å². The first-order chi connectivity index (χ1) is 7.61. The molecule has 1 N–H and O–H groups in total. The van der Waals surface area contributed by atoms with Gasteiger partial charge in [-0.2, -0.15) is 0 Å². The zero-order valence-corrected chi connectivity index (χ0v) is 10.0. The summed E-state index contributed by atoms with van der Waals surface area (Å²) in [5.41, 5.74) is 1.70. The maximum atomic E-state index is 11.2. The second kappa shape index (κ2) is 4.36. The van der Waals surface area contributed by atoms with E-state index in [4.69, 9.17) is 23.2 Å². The zero-order chi connectivity index (χ0) is 11.7. The number of esters is 1. The number of aromatic amines is 1. The van der Waals surface area contributed by atoms with Gasteiger partial charge >= 0.3 is 5.97 Å². The second-order valence-electron chi connectivity index (χ2n) is 3.38. The number of benzene rings is 1. The van der Waals surface area contributed by atoms with E-state index in [1.165, 1.54) is 7.11 Å². The lowest BCUT2D eigenvalue weighted by Gasteiger charge is -1.99. The molecule has 0 atom stereocenters. The lowest BCUT2D eigenvalue weighted by Crippen LogP contribution is -2.03. The van der Waals surface area contributed by atoms with Crippen molar-refractivity contribution in [1.29, 1.82) is 0 Å². The number of carbonyl (C=O) groups excluding carboxylic acids is 1. The summed E-state index contributed by atoms with van der Waals surface area (Å²) in [6.45, 7) is 0. The molecule has 0 aliphatic carbocycles. The summed E-state index contributed by atoms with van der Waals surface area (Å²) < 4.78 is 4.61. The van der Waals surface area contributed by atoms with Gasteiger partial charge in [0.05, 0.1) is 23.6 Å². The van der Waals surface area contributed by atoms with Crippen molar-refractivity contribution in [2.45, 2.75) is 6.42 Å². The van der Waals surface area contributed by atoms with E-state index < -0.39 is 0 Å². The maximum absolute atomic E-state index is 11.2. The van der Waals surface area contributed by atoms with Crippen LogP contribution in [0.1, 0.15) is 5.56 Å². The van der Waals surface area contributed by atoms with E-state index >= 15 is 0 Å². The van der Waals surface area contributed by atoms with E-state index in [0.29, 0.717) is 10.0 Å². The Kier molecular flexibility index (Phi) is 3.08. The SMILES string of the molecule is COC(=O)Cc1c[nH]c2cc(Cl)c(Cl)cc12. The van der Waals surface area contributed by atoms with Gasteiger partial charge in [-0.3, -0.25) is 4.79 Å². The third-order valence-electron chi connectivity index (χ3n) is 2.37. The third kappa shape index (κ3) is 2.01. The molecule has 1 heterocycles. The number of carbonyl (C=O) groups is 1. The summed E-state index contributed by atoms with van der Waals surface area (Å²) in [7, 11) is 1.36.